The number of benzene rings is 2. The van der Waals surface area contributed by atoms with Crippen LogP contribution in [0.5, 0.6) is 11.5 Å². The highest BCUT2D eigenvalue weighted by Crippen LogP contribution is 2.63. The number of methoxy groups -OCH3 is 1. The highest BCUT2D eigenvalue weighted by molar-refractivity contribution is 5.89. The Balaban J connectivity index is 0.000000175. The third kappa shape index (κ3) is 7.00. The summed E-state index contributed by atoms with van der Waals surface area (Å²) in [6, 6.07) is 12.6. The maximum Gasteiger partial charge on any atom is 0.335 e. The maximum absolute atomic E-state index is 12.6. The van der Waals surface area contributed by atoms with Crippen LogP contribution in [0.3, 0.4) is 0 Å². The first-order valence-electron chi connectivity index (χ1n) is 15.9. The van der Waals surface area contributed by atoms with Gasteiger partial charge in [0.15, 0.2) is 35.6 Å². The van der Waals surface area contributed by atoms with E-state index in [1.54, 1.807) is 14.0 Å². The van der Waals surface area contributed by atoms with Gasteiger partial charge in [-0.2, -0.15) is 0 Å². The smallest absolute Gasteiger partial charge is 0.335 e. The van der Waals surface area contributed by atoms with Gasteiger partial charge in [0.2, 0.25) is 0 Å². The number of rotatable bonds is 8. The lowest BCUT2D eigenvalue weighted by atomic mass is 9.52. The number of aliphatic hydroxyl groups is 2. The number of hydrogen-bond acceptors (Lipinski definition) is 9. The minimum Gasteiger partial charge on any atom is -0.493 e. The number of carbonyl (C=O) groups is 4. The molecule has 256 valence electrons. The zero-order valence-corrected chi connectivity index (χ0v) is 27.4. The summed E-state index contributed by atoms with van der Waals surface area (Å²) in [7, 11) is 3.91. The molecule has 0 amide bonds. The Morgan fingerprint density at radius 1 is 0.979 bits per heavy atom. The number of carboxylic acid groups (broad SMARTS) is 3. The van der Waals surface area contributed by atoms with Crippen LogP contribution in [0.4, 0.5) is 0 Å². The summed E-state index contributed by atoms with van der Waals surface area (Å²) in [4.78, 5) is 45.4. The molecule has 0 aromatic heterocycles. The van der Waals surface area contributed by atoms with Crippen molar-refractivity contribution in [1.82, 2.24) is 4.90 Å². The van der Waals surface area contributed by atoms with Gasteiger partial charge in [-0.05, 0) is 80.8 Å². The first-order valence-corrected chi connectivity index (χ1v) is 15.9. The van der Waals surface area contributed by atoms with Crippen LogP contribution in [-0.4, -0.2) is 99.2 Å². The molecule has 2 aromatic rings. The van der Waals surface area contributed by atoms with E-state index in [9.17, 15) is 19.2 Å². The molecule has 5 N–H and O–H groups in total. The molecule has 47 heavy (non-hydrogen) atoms. The number of carbonyl (C=O) groups excluding carboxylic acids is 1. The van der Waals surface area contributed by atoms with Gasteiger partial charge in [0.05, 0.1) is 13.0 Å². The number of hydrogen-bond donors (Lipinski definition) is 5. The van der Waals surface area contributed by atoms with E-state index >= 15 is 0 Å². The van der Waals surface area contributed by atoms with Crippen LogP contribution in [0.15, 0.2) is 36.4 Å². The number of Topliss-reactive ketones (excluding diaryl/α,β-unsaturated/α-hetero) is 1. The molecule has 1 spiro atoms. The molecule has 0 radical (unpaired) electrons. The lowest BCUT2D eigenvalue weighted by Gasteiger charge is -2.57. The van der Waals surface area contributed by atoms with E-state index < -0.39 is 36.0 Å². The van der Waals surface area contributed by atoms with Gasteiger partial charge in [-0.15, -0.1) is 0 Å². The van der Waals surface area contributed by atoms with Crippen molar-refractivity contribution in [1.29, 1.82) is 0 Å². The van der Waals surface area contributed by atoms with Crippen molar-refractivity contribution in [3.05, 3.63) is 58.7 Å². The van der Waals surface area contributed by atoms with Crippen LogP contribution in [-0.2, 0) is 37.4 Å². The number of carboxylic acids is 3. The fraction of sp³-hybridized carbons (Fsp3) is 0.543. The van der Waals surface area contributed by atoms with Gasteiger partial charge in [0, 0.05) is 23.4 Å². The Labute approximate surface area is 273 Å². The molecular formula is C35H45NO11. The summed E-state index contributed by atoms with van der Waals surface area (Å²) in [6.07, 6.45) is -0.0189. The monoisotopic (exact) mass is 655 g/mol. The number of aliphatic carboxylic acids is 3. The SMILES string of the molecule is CC(C)Cc1ccc(C(C)C(=O)O)cc1.COc1ccc2c3c1O[C@H]1C(=O)CC[C@H]4[C@@H](C2)N(C)CC[C@]314.O=C(O)[C@H](O)[C@@H](O)C(=O)O. The van der Waals surface area contributed by atoms with Gasteiger partial charge in [-0.3, -0.25) is 9.59 Å². The molecule has 12 heteroatoms. The van der Waals surface area contributed by atoms with E-state index in [2.05, 4.69) is 31.9 Å². The normalized spacial score (nSPS) is 25.4. The number of aliphatic hydroxyl groups excluding tert-OH is 2. The fourth-order valence-corrected chi connectivity index (χ4v) is 7.50. The molecule has 2 heterocycles. The Hall–Kier alpha value is -4.00. The summed E-state index contributed by atoms with van der Waals surface area (Å²) in [6.45, 7) is 7.10. The quantitative estimate of drug-likeness (QED) is 0.280. The van der Waals surface area contributed by atoms with E-state index in [1.807, 2.05) is 30.3 Å². The van der Waals surface area contributed by atoms with Gasteiger partial charge in [0.1, 0.15) is 0 Å². The molecule has 1 saturated heterocycles. The molecule has 4 aliphatic rings. The molecule has 2 bridgehead atoms. The third-order valence-electron chi connectivity index (χ3n) is 9.89. The van der Waals surface area contributed by atoms with Crippen LogP contribution in [0.2, 0.25) is 0 Å². The van der Waals surface area contributed by atoms with Crippen molar-refractivity contribution in [2.45, 2.75) is 88.6 Å². The first-order chi connectivity index (χ1) is 22.1. The van der Waals surface area contributed by atoms with E-state index in [4.69, 9.17) is 35.0 Å². The Bertz CT molecular complexity index is 1470. The second-order valence-electron chi connectivity index (χ2n) is 13.2. The highest BCUT2D eigenvalue weighted by Gasteiger charge is 2.65. The van der Waals surface area contributed by atoms with Crippen LogP contribution >= 0.6 is 0 Å². The molecule has 1 saturated carbocycles. The minimum atomic E-state index is -2.27. The number of likely N-dealkylation sites (tertiary alicyclic amines) is 1. The van der Waals surface area contributed by atoms with Crippen molar-refractivity contribution in [2.24, 2.45) is 11.8 Å². The molecule has 7 atom stereocenters. The van der Waals surface area contributed by atoms with Gasteiger partial charge in [-0.1, -0.05) is 44.2 Å². The van der Waals surface area contributed by atoms with E-state index in [-0.39, 0.29) is 17.3 Å². The Kier molecular flexibility index (Phi) is 11.0. The maximum atomic E-state index is 12.6. The first kappa shape index (κ1) is 35.8. The van der Waals surface area contributed by atoms with Crippen molar-refractivity contribution in [3.63, 3.8) is 0 Å². The Morgan fingerprint density at radius 3 is 2.13 bits per heavy atom. The molecule has 1 unspecified atom stereocenters. The average Bonchev–Trinajstić information content (AvgIpc) is 3.39. The van der Waals surface area contributed by atoms with Crippen LogP contribution in [0.25, 0.3) is 0 Å². The fourth-order valence-electron chi connectivity index (χ4n) is 7.50. The molecule has 2 aliphatic carbocycles. The minimum absolute atomic E-state index is 0.0933. The highest BCUT2D eigenvalue weighted by atomic mass is 16.5. The lowest BCUT2D eigenvalue weighted by Crippen LogP contribution is -2.65. The third-order valence-corrected chi connectivity index (χ3v) is 9.89. The molecule has 12 nitrogen and oxygen atoms in total. The molecule has 2 fully saturated rings. The zero-order valence-electron chi connectivity index (χ0n) is 27.4. The zero-order chi connectivity index (χ0) is 34.8. The van der Waals surface area contributed by atoms with Crippen molar-refractivity contribution in [2.75, 3.05) is 20.7 Å². The summed E-state index contributed by atoms with van der Waals surface area (Å²) < 4.78 is 11.8. The predicted octanol–water partition coefficient (Wildman–Crippen LogP) is 2.88. The van der Waals surface area contributed by atoms with Crippen LogP contribution in [0, 0.1) is 11.8 Å². The molecule has 6 rings (SSSR count). The summed E-state index contributed by atoms with van der Waals surface area (Å²) in [5.74, 6) is -1.64. The van der Waals surface area contributed by atoms with Gasteiger partial charge in [-0.25, -0.2) is 9.59 Å². The largest absolute Gasteiger partial charge is 0.493 e. The number of nitrogens with zero attached hydrogens (tertiary/aromatic N) is 1. The summed E-state index contributed by atoms with van der Waals surface area (Å²) in [5.41, 5.74) is 4.71. The van der Waals surface area contributed by atoms with Crippen molar-refractivity contribution in [3.8, 4) is 11.5 Å². The molecule has 2 aromatic carbocycles. The van der Waals surface area contributed by atoms with Gasteiger partial charge < -0.3 is 39.9 Å². The molecular weight excluding hydrogens is 610 g/mol. The lowest BCUT2D eigenvalue weighted by molar-refractivity contribution is -0.165. The van der Waals surface area contributed by atoms with Gasteiger partial charge in [0.25, 0.3) is 0 Å². The van der Waals surface area contributed by atoms with Crippen molar-refractivity contribution < 1.29 is 54.2 Å². The topological polar surface area (TPSA) is 191 Å². The second-order valence-corrected chi connectivity index (χ2v) is 13.2. The standard InChI is InChI=1S/C18H21NO3.C13H18O2.C4H6O6/c1-19-8-7-18-11-4-5-13(20)17(18)22-16-14(21-2)6-3-10(15(16)18)9-12(11)19;1-9(2)8-11-4-6-12(7-5-11)10(3)13(14)15;5-1(3(7)8)2(6)4(9)10/h3,6,11-12,17H,4-5,7-9H2,1-2H3;4-7,9-10H,8H2,1-3H3,(H,14,15);1-2,5-6H,(H,7,8)(H,9,10)/t11-,12+,17-,18-;;1-,2-/m0.1/s1. The van der Waals surface area contributed by atoms with E-state index in [1.165, 1.54) is 16.7 Å². The van der Waals surface area contributed by atoms with Crippen LogP contribution < -0.4 is 9.47 Å². The predicted molar refractivity (Wildman–Crippen MR) is 170 cm³/mol. The number of piperidine rings is 1. The summed E-state index contributed by atoms with van der Waals surface area (Å²) >= 11 is 0. The molecule has 2 aliphatic heterocycles. The Morgan fingerprint density at radius 2 is 1.60 bits per heavy atom. The van der Waals surface area contributed by atoms with Crippen LogP contribution in [0.1, 0.15) is 68.2 Å². The second kappa shape index (κ2) is 14.4. The number of ketones is 1. The van der Waals surface area contributed by atoms with Crippen molar-refractivity contribution >= 4 is 23.7 Å². The number of ether oxygens (including phenoxy) is 2. The van der Waals surface area contributed by atoms with Gasteiger partial charge >= 0.3 is 17.9 Å². The number of likely N-dealkylation sites (N-methyl/N-ethyl adjacent to an activating group) is 1. The summed E-state index contributed by atoms with van der Waals surface area (Å²) in [5, 5.41) is 41.4. The van der Waals surface area contributed by atoms with E-state index in [0.717, 1.165) is 49.3 Å². The van der Waals surface area contributed by atoms with E-state index in [0.29, 0.717) is 24.3 Å². The average molecular weight is 656 g/mol.